The minimum Gasteiger partial charge on any atom is -0.361 e. The van der Waals surface area contributed by atoms with Gasteiger partial charge in [-0.2, -0.15) is 0 Å². The van der Waals surface area contributed by atoms with Gasteiger partial charge in [-0.3, -0.25) is 4.79 Å². The number of aromatic nitrogens is 1. The molecule has 8 heteroatoms. The lowest BCUT2D eigenvalue weighted by atomic mass is 9.97. The van der Waals surface area contributed by atoms with Crippen LogP contribution in [0.15, 0.2) is 4.52 Å². The summed E-state index contributed by atoms with van der Waals surface area (Å²) in [4.78, 5) is 14.2. The smallest absolute Gasteiger partial charge is 0.225 e. The average molecular weight is 369 g/mol. The van der Waals surface area contributed by atoms with E-state index in [-0.39, 0.29) is 31.0 Å². The topological polar surface area (TPSA) is 92.5 Å². The van der Waals surface area contributed by atoms with Crippen molar-refractivity contribution in [3.8, 4) is 0 Å². The van der Waals surface area contributed by atoms with Gasteiger partial charge in [-0.05, 0) is 33.1 Å². The number of likely N-dealkylation sites (tertiary alicyclic amines) is 1. The Hall–Kier alpha value is -1.41. The molecule has 1 aliphatic heterocycles. The van der Waals surface area contributed by atoms with E-state index in [2.05, 4.69) is 9.88 Å². The Morgan fingerprint density at radius 1 is 1.32 bits per heavy atom. The van der Waals surface area contributed by atoms with Gasteiger partial charge in [-0.1, -0.05) is 24.9 Å². The first-order valence-corrected chi connectivity index (χ1v) is 10.5. The SMILES string of the molecule is Cc1noc(C)c1CC(C)C(=O)N1CC(S(=O)(=O)NC2CCCC2)C1. The standard InChI is InChI=1S/C17H27N3O4S/c1-11(8-16-12(2)18-24-13(16)3)17(21)20-9-15(10-20)25(22,23)19-14-6-4-5-7-14/h11,14-15,19H,4-10H2,1-3H3. The normalized spacial score (nSPS) is 20.7. The number of carbonyl (C=O) groups is 1. The van der Waals surface area contributed by atoms with Crippen molar-refractivity contribution in [3.63, 3.8) is 0 Å². The zero-order chi connectivity index (χ0) is 18.2. The molecule has 1 unspecified atom stereocenters. The molecule has 25 heavy (non-hydrogen) atoms. The zero-order valence-corrected chi connectivity index (χ0v) is 15.9. The molecule has 1 N–H and O–H groups in total. The zero-order valence-electron chi connectivity index (χ0n) is 15.1. The quantitative estimate of drug-likeness (QED) is 0.821. The van der Waals surface area contributed by atoms with E-state index in [4.69, 9.17) is 4.52 Å². The Morgan fingerprint density at radius 2 is 1.96 bits per heavy atom. The highest BCUT2D eigenvalue weighted by Gasteiger charge is 2.41. The Morgan fingerprint density at radius 3 is 2.52 bits per heavy atom. The summed E-state index contributed by atoms with van der Waals surface area (Å²) in [6.45, 7) is 6.14. The van der Waals surface area contributed by atoms with Crippen LogP contribution < -0.4 is 4.72 Å². The number of amides is 1. The third-order valence-corrected chi connectivity index (χ3v) is 7.24. The number of rotatable bonds is 6. The average Bonchev–Trinajstić information content (AvgIpc) is 3.09. The van der Waals surface area contributed by atoms with Gasteiger partial charge in [0.15, 0.2) is 0 Å². The molecule has 1 amide bonds. The first kappa shape index (κ1) is 18.4. The minimum atomic E-state index is -3.33. The second-order valence-electron chi connectivity index (χ2n) is 7.42. The first-order chi connectivity index (χ1) is 11.8. The Labute approximate surface area is 149 Å². The summed E-state index contributed by atoms with van der Waals surface area (Å²) in [5.74, 6) is 0.512. The van der Waals surface area contributed by atoms with Gasteiger partial charge in [-0.25, -0.2) is 13.1 Å². The van der Waals surface area contributed by atoms with E-state index in [1.165, 1.54) is 0 Å². The molecule has 1 aliphatic carbocycles. The molecule has 1 saturated heterocycles. The fourth-order valence-electron chi connectivity index (χ4n) is 3.69. The van der Waals surface area contributed by atoms with E-state index in [0.717, 1.165) is 42.7 Å². The van der Waals surface area contributed by atoms with Crippen molar-refractivity contribution < 1.29 is 17.7 Å². The lowest BCUT2D eigenvalue weighted by Gasteiger charge is -2.40. The molecule has 1 aromatic rings. The maximum atomic E-state index is 12.6. The molecule has 2 fully saturated rings. The molecule has 1 saturated carbocycles. The monoisotopic (exact) mass is 369 g/mol. The van der Waals surface area contributed by atoms with Crippen molar-refractivity contribution in [2.45, 2.75) is 64.2 Å². The molecule has 3 rings (SSSR count). The molecule has 0 bridgehead atoms. The van der Waals surface area contributed by atoms with Gasteiger partial charge >= 0.3 is 0 Å². The van der Waals surface area contributed by atoms with Crippen LogP contribution in [0.5, 0.6) is 0 Å². The Bertz CT molecular complexity index is 712. The molecule has 1 aromatic heterocycles. The summed E-state index contributed by atoms with van der Waals surface area (Å²) in [7, 11) is -3.33. The van der Waals surface area contributed by atoms with E-state index in [1.807, 2.05) is 20.8 Å². The van der Waals surface area contributed by atoms with Gasteiger partial charge in [-0.15, -0.1) is 0 Å². The third kappa shape index (κ3) is 3.89. The summed E-state index contributed by atoms with van der Waals surface area (Å²) in [6.07, 6.45) is 4.57. The number of sulfonamides is 1. The largest absolute Gasteiger partial charge is 0.361 e. The highest BCUT2D eigenvalue weighted by atomic mass is 32.2. The molecule has 7 nitrogen and oxygen atoms in total. The number of aryl methyl sites for hydroxylation is 2. The molecule has 0 spiro atoms. The number of nitrogens with zero attached hydrogens (tertiary/aromatic N) is 2. The van der Waals surface area contributed by atoms with Gasteiger partial charge in [0.25, 0.3) is 0 Å². The van der Waals surface area contributed by atoms with E-state index < -0.39 is 15.3 Å². The highest BCUT2D eigenvalue weighted by Crippen LogP contribution is 2.24. The van der Waals surface area contributed by atoms with Crippen molar-refractivity contribution in [3.05, 3.63) is 17.0 Å². The van der Waals surface area contributed by atoms with Crippen LogP contribution in [0, 0.1) is 19.8 Å². The summed E-state index contributed by atoms with van der Waals surface area (Å²) in [5.41, 5.74) is 1.77. The maximum absolute atomic E-state index is 12.6. The summed E-state index contributed by atoms with van der Waals surface area (Å²) < 4.78 is 32.7. The number of nitrogens with one attached hydrogen (secondary N) is 1. The van der Waals surface area contributed by atoms with Crippen LogP contribution in [-0.4, -0.2) is 48.8 Å². The Kier molecular flexibility index (Phi) is 5.20. The second kappa shape index (κ2) is 7.07. The Balaban J connectivity index is 1.52. The van der Waals surface area contributed by atoms with E-state index in [0.29, 0.717) is 6.42 Å². The van der Waals surface area contributed by atoms with Gasteiger partial charge in [0.1, 0.15) is 11.0 Å². The van der Waals surface area contributed by atoms with Crippen LogP contribution in [-0.2, 0) is 21.2 Å². The van der Waals surface area contributed by atoms with Crippen LogP contribution in [0.4, 0.5) is 0 Å². The maximum Gasteiger partial charge on any atom is 0.225 e. The number of carbonyl (C=O) groups excluding carboxylic acids is 1. The number of hydrogen-bond acceptors (Lipinski definition) is 5. The molecular formula is C17H27N3O4S. The number of hydrogen-bond donors (Lipinski definition) is 1. The van der Waals surface area contributed by atoms with Gasteiger partial charge in [0.05, 0.1) is 5.69 Å². The van der Waals surface area contributed by atoms with Crippen molar-refractivity contribution in [2.75, 3.05) is 13.1 Å². The van der Waals surface area contributed by atoms with Crippen LogP contribution in [0.25, 0.3) is 0 Å². The summed E-state index contributed by atoms with van der Waals surface area (Å²) in [5, 5.41) is 3.43. The molecule has 2 heterocycles. The molecule has 2 aliphatic rings. The van der Waals surface area contributed by atoms with Crippen LogP contribution >= 0.6 is 0 Å². The highest BCUT2D eigenvalue weighted by molar-refractivity contribution is 7.90. The van der Waals surface area contributed by atoms with Crippen molar-refractivity contribution in [1.29, 1.82) is 0 Å². The summed E-state index contributed by atoms with van der Waals surface area (Å²) >= 11 is 0. The first-order valence-electron chi connectivity index (χ1n) is 8.99. The minimum absolute atomic E-state index is 0.00711. The fourth-order valence-corrected chi connectivity index (χ4v) is 5.33. The van der Waals surface area contributed by atoms with E-state index >= 15 is 0 Å². The molecule has 0 aromatic carbocycles. The van der Waals surface area contributed by atoms with Crippen molar-refractivity contribution >= 4 is 15.9 Å². The van der Waals surface area contributed by atoms with Crippen LogP contribution in [0.1, 0.15) is 49.6 Å². The van der Waals surface area contributed by atoms with Gasteiger partial charge < -0.3 is 9.42 Å². The predicted octanol–water partition coefficient (Wildman–Crippen LogP) is 1.54. The third-order valence-electron chi connectivity index (χ3n) is 5.40. The van der Waals surface area contributed by atoms with Gasteiger partial charge in [0, 0.05) is 30.6 Å². The summed E-state index contributed by atoms with van der Waals surface area (Å²) in [6, 6.07) is 0.0771. The van der Waals surface area contributed by atoms with Gasteiger partial charge in [0.2, 0.25) is 15.9 Å². The molecule has 140 valence electrons. The van der Waals surface area contributed by atoms with Crippen LogP contribution in [0.3, 0.4) is 0 Å². The van der Waals surface area contributed by atoms with E-state index in [1.54, 1.807) is 4.90 Å². The second-order valence-corrected chi connectivity index (χ2v) is 9.41. The molecule has 1 atom stereocenters. The fraction of sp³-hybridized carbons (Fsp3) is 0.765. The van der Waals surface area contributed by atoms with Crippen LogP contribution in [0.2, 0.25) is 0 Å². The molecular weight excluding hydrogens is 342 g/mol. The lowest BCUT2D eigenvalue weighted by Crippen LogP contribution is -2.61. The molecule has 0 radical (unpaired) electrons. The van der Waals surface area contributed by atoms with Crippen molar-refractivity contribution in [1.82, 2.24) is 14.8 Å². The van der Waals surface area contributed by atoms with Crippen molar-refractivity contribution in [2.24, 2.45) is 5.92 Å². The lowest BCUT2D eigenvalue weighted by molar-refractivity contribution is -0.138. The van der Waals surface area contributed by atoms with E-state index in [9.17, 15) is 13.2 Å². The predicted molar refractivity (Wildman–Crippen MR) is 93.5 cm³/mol.